The van der Waals surface area contributed by atoms with E-state index in [0.29, 0.717) is 12.1 Å². The molecule has 1 aliphatic rings. The van der Waals surface area contributed by atoms with E-state index >= 15 is 0 Å². The van der Waals surface area contributed by atoms with E-state index in [-0.39, 0.29) is 17.6 Å². The van der Waals surface area contributed by atoms with E-state index in [1.54, 1.807) is 12.1 Å². The van der Waals surface area contributed by atoms with Crippen LogP contribution in [0.3, 0.4) is 0 Å². The van der Waals surface area contributed by atoms with Crippen LogP contribution in [0.1, 0.15) is 51.1 Å². The highest BCUT2D eigenvalue weighted by Crippen LogP contribution is 2.31. The minimum atomic E-state index is -4.68. The molecule has 2 aromatic heterocycles. The van der Waals surface area contributed by atoms with Gasteiger partial charge >= 0.3 is 12.1 Å². The Kier molecular flexibility index (Phi) is 4.96. The molecular formula is C18H21F3N4O2. The molecule has 0 saturated carbocycles. The van der Waals surface area contributed by atoms with Gasteiger partial charge in [-0.2, -0.15) is 18.2 Å². The van der Waals surface area contributed by atoms with Crippen LogP contribution in [-0.4, -0.2) is 39.0 Å². The molecule has 0 N–H and O–H groups in total. The summed E-state index contributed by atoms with van der Waals surface area (Å²) in [5.74, 6) is -1.34. The zero-order valence-corrected chi connectivity index (χ0v) is 15.4. The van der Waals surface area contributed by atoms with Gasteiger partial charge in [-0.3, -0.25) is 9.78 Å². The quantitative estimate of drug-likeness (QED) is 0.788. The summed E-state index contributed by atoms with van der Waals surface area (Å²) in [4.78, 5) is 22.1. The van der Waals surface area contributed by atoms with Gasteiger partial charge in [0.1, 0.15) is 0 Å². The van der Waals surface area contributed by atoms with E-state index < -0.39 is 17.5 Å². The van der Waals surface area contributed by atoms with Gasteiger partial charge in [-0.1, -0.05) is 25.9 Å². The number of piperidine rings is 1. The lowest BCUT2D eigenvalue weighted by atomic mass is 9.89. The molecule has 0 spiro atoms. The molecule has 0 aliphatic carbocycles. The van der Waals surface area contributed by atoms with Crippen LogP contribution in [0.25, 0.3) is 11.4 Å². The van der Waals surface area contributed by atoms with Crippen molar-refractivity contribution in [3.8, 4) is 11.4 Å². The van der Waals surface area contributed by atoms with E-state index in [1.807, 2.05) is 25.7 Å². The van der Waals surface area contributed by atoms with Gasteiger partial charge in [0.25, 0.3) is 0 Å². The third-order valence-electron chi connectivity index (χ3n) is 4.48. The molecule has 6 nitrogen and oxygen atoms in total. The lowest BCUT2D eigenvalue weighted by molar-refractivity contribution is -0.159. The molecule has 0 aromatic carbocycles. The molecule has 0 unspecified atom stereocenters. The summed E-state index contributed by atoms with van der Waals surface area (Å²) >= 11 is 0. The summed E-state index contributed by atoms with van der Waals surface area (Å²) < 4.78 is 41.9. The summed E-state index contributed by atoms with van der Waals surface area (Å²) in [6, 6.07) is 3.37. The normalized spacial score (nSPS) is 18.6. The topological polar surface area (TPSA) is 72.1 Å². The smallest absolute Gasteiger partial charge is 0.342 e. The van der Waals surface area contributed by atoms with Crippen molar-refractivity contribution in [2.24, 2.45) is 5.41 Å². The number of alkyl halides is 3. The number of hydrogen-bond donors (Lipinski definition) is 0. The molecule has 27 heavy (non-hydrogen) atoms. The summed E-state index contributed by atoms with van der Waals surface area (Å²) in [5, 5.41) is 3.36. The first-order valence-corrected chi connectivity index (χ1v) is 8.72. The van der Waals surface area contributed by atoms with E-state index in [4.69, 9.17) is 0 Å². The molecule has 1 aliphatic heterocycles. The third-order valence-corrected chi connectivity index (χ3v) is 4.48. The fraction of sp³-hybridized carbons (Fsp3) is 0.556. The Labute approximate surface area is 154 Å². The van der Waals surface area contributed by atoms with Gasteiger partial charge in [-0.05, 0) is 25.0 Å². The Balaban J connectivity index is 1.73. The first-order valence-electron chi connectivity index (χ1n) is 8.72. The van der Waals surface area contributed by atoms with Crippen LogP contribution in [-0.2, 0) is 11.0 Å². The van der Waals surface area contributed by atoms with E-state index in [2.05, 4.69) is 19.6 Å². The van der Waals surface area contributed by atoms with Gasteiger partial charge in [0.05, 0.1) is 0 Å². The predicted octanol–water partition coefficient (Wildman–Crippen LogP) is 3.90. The molecule has 0 radical (unpaired) electrons. The van der Waals surface area contributed by atoms with Crippen molar-refractivity contribution in [2.75, 3.05) is 13.1 Å². The van der Waals surface area contributed by atoms with Crippen molar-refractivity contribution < 1.29 is 22.5 Å². The van der Waals surface area contributed by atoms with Crippen molar-refractivity contribution >= 4 is 5.91 Å². The highest BCUT2D eigenvalue weighted by Gasteiger charge is 2.38. The minimum absolute atomic E-state index is 0.0927. The average molecular weight is 382 g/mol. The number of halogens is 3. The highest BCUT2D eigenvalue weighted by atomic mass is 19.4. The van der Waals surface area contributed by atoms with Gasteiger partial charge < -0.3 is 9.42 Å². The zero-order chi connectivity index (χ0) is 19.8. The largest absolute Gasteiger partial charge is 0.471 e. The number of rotatable bonds is 2. The predicted molar refractivity (Wildman–Crippen MR) is 90.5 cm³/mol. The Morgan fingerprint density at radius 3 is 2.56 bits per heavy atom. The van der Waals surface area contributed by atoms with Crippen molar-refractivity contribution in [3.63, 3.8) is 0 Å². The number of carbonyl (C=O) groups is 1. The number of carbonyl (C=O) groups excluding carboxylic acids is 1. The van der Waals surface area contributed by atoms with Crippen LogP contribution in [0.2, 0.25) is 0 Å². The lowest BCUT2D eigenvalue weighted by Crippen LogP contribution is -2.44. The van der Waals surface area contributed by atoms with E-state index in [1.165, 1.54) is 6.20 Å². The first-order chi connectivity index (χ1) is 12.6. The van der Waals surface area contributed by atoms with Crippen molar-refractivity contribution in [1.29, 1.82) is 0 Å². The number of amides is 1. The number of hydrogen-bond acceptors (Lipinski definition) is 5. The van der Waals surface area contributed by atoms with Crippen molar-refractivity contribution in [1.82, 2.24) is 20.0 Å². The third kappa shape index (κ3) is 4.28. The van der Waals surface area contributed by atoms with Gasteiger partial charge in [0.2, 0.25) is 11.7 Å². The molecule has 3 heterocycles. The molecule has 0 bridgehead atoms. The molecule has 3 rings (SSSR count). The second kappa shape index (κ2) is 6.94. The van der Waals surface area contributed by atoms with Crippen LogP contribution in [0.5, 0.6) is 0 Å². The highest BCUT2D eigenvalue weighted by molar-refractivity contribution is 5.81. The van der Waals surface area contributed by atoms with Crippen LogP contribution in [0.4, 0.5) is 13.2 Å². The van der Waals surface area contributed by atoms with Crippen molar-refractivity contribution in [2.45, 2.75) is 45.7 Å². The number of likely N-dealkylation sites (tertiary alicyclic amines) is 1. The first kappa shape index (κ1) is 19.3. The molecule has 1 amide bonds. The summed E-state index contributed by atoms with van der Waals surface area (Å²) in [6.07, 6.45) is -1.45. The van der Waals surface area contributed by atoms with Crippen molar-refractivity contribution in [3.05, 3.63) is 29.9 Å². The maximum atomic E-state index is 12.6. The molecule has 2 aromatic rings. The van der Waals surface area contributed by atoms with Gasteiger partial charge in [-0.15, -0.1) is 0 Å². The Bertz CT molecular complexity index is 809. The second-order valence-corrected chi connectivity index (χ2v) is 7.73. The monoisotopic (exact) mass is 382 g/mol. The standard InChI is InChI=1S/C18H21F3N4O2/c1-17(2,3)16(26)25-8-4-5-12(10-25)13-7-6-11(9-22-13)14-23-15(27-24-14)18(19,20)21/h6-7,9,12H,4-5,8,10H2,1-3H3/t12-/m0/s1. The van der Waals surface area contributed by atoms with Gasteiger partial charge in [-0.25, -0.2) is 0 Å². The molecule has 1 saturated heterocycles. The summed E-state index contributed by atoms with van der Waals surface area (Å²) in [5.41, 5.74) is 0.703. The van der Waals surface area contributed by atoms with E-state index in [0.717, 1.165) is 25.1 Å². The molecule has 1 atom stereocenters. The lowest BCUT2D eigenvalue weighted by Gasteiger charge is -2.36. The fourth-order valence-corrected chi connectivity index (χ4v) is 3.11. The van der Waals surface area contributed by atoms with Crippen LogP contribution >= 0.6 is 0 Å². The number of nitrogens with zero attached hydrogens (tertiary/aromatic N) is 4. The second-order valence-electron chi connectivity index (χ2n) is 7.73. The zero-order valence-electron chi connectivity index (χ0n) is 15.4. The maximum absolute atomic E-state index is 12.6. The molecule has 146 valence electrons. The Morgan fingerprint density at radius 2 is 2.00 bits per heavy atom. The summed E-state index contributed by atoms with van der Waals surface area (Å²) in [6.45, 7) is 7.00. The minimum Gasteiger partial charge on any atom is -0.342 e. The fourth-order valence-electron chi connectivity index (χ4n) is 3.11. The molecule has 1 fully saturated rings. The van der Waals surface area contributed by atoms with Crippen LogP contribution < -0.4 is 0 Å². The SMILES string of the molecule is CC(C)(C)C(=O)N1CCC[C@H](c2ccc(-c3noc(C(F)(F)F)n3)cn2)C1. The van der Waals surface area contributed by atoms with Crippen LogP contribution in [0.15, 0.2) is 22.9 Å². The number of aromatic nitrogens is 3. The van der Waals surface area contributed by atoms with Gasteiger partial charge in [0.15, 0.2) is 0 Å². The molecular weight excluding hydrogens is 361 g/mol. The maximum Gasteiger partial charge on any atom is 0.471 e. The number of pyridine rings is 1. The van der Waals surface area contributed by atoms with E-state index in [9.17, 15) is 18.0 Å². The average Bonchev–Trinajstić information content (AvgIpc) is 3.11. The van der Waals surface area contributed by atoms with Gasteiger partial charge in [0, 0.05) is 41.9 Å². The summed E-state index contributed by atoms with van der Waals surface area (Å²) in [7, 11) is 0. The Morgan fingerprint density at radius 1 is 1.26 bits per heavy atom. The Hall–Kier alpha value is -2.45. The molecule has 9 heteroatoms. The van der Waals surface area contributed by atoms with Crippen LogP contribution in [0, 0.1) is 5.41 Å².